The molecule has 1 saturated heterocycles. The van der Waals surface area contributed by atoms with Crippen LogP contribution in [0.15, 0.2) is 0 Å². The number of carbonyl (C=O) groups excluding carboxylic acids is 2. The van der Waals surface area contributed by atoms with Gasteiger partial charge >= 0.3 is 11.9 Å². The minimum atomic E-state index is -0.515. The molecule has 0 aromatic carbocycles. The number of hydrogen-bond donors (Lipinski definition) is 0. The number of cyclic esters (lactones) is 2. The first kappa shape index (κ1) is 11.0. The molecule has 74 valence electrons. The van der Waals surface area contributed by atoms with Gasteiger partial charge in [-0.2, -0.15) is 0 Å². The van der Waals surface area contributed by atoms with Crippen molar-refractivity contribution in [2.45, 2.75) is 23.3 Å². The third-order valence-electron chi connectivity index (χ3n) is 1.94. The first-order valence-electron chi connectivity index (χ1n) is 4.12. The lowest BCUT2D eigenvalue weighted by Gasteiger charge is -2.03. The first-order chi connectivity index (χ1) is 6.09. The molecule has 0 N–H and O–H groups in total. The Bertz CT molecular complexity index is 220. The number of halogens is 2. The fourth-order valence-corrected chi connectivity index (χ4v) is 3.22. The maximum absolute atomic E-state index is 11.0. The molecule has 0 bridgehead atoms. The molecule has 1 heterocycles. The van der Waals surface area contributed by atoms with Crippen LogP contribution in [0, 0.1) is 5.92 Å². The molecular weight excluding hydrogens is 231 g/mol. The van der Waals surface area contributed by atoms with Gasteiger partial charge in [0.2, 0.25) is 0 Å². The molecule has 0 saturated carbocycles. The Morgan fingerprint density at radius 3 is 2.69 bits per heavy atom. The zero-order valence-electron chi connectivity index (χ0n) is 6.96. The topological polar surface area (TPSA) is 43.4 Å². The lowest BCUT2D eigenvalue weighted by Crippen LogP contribution is -2.10. The quantitative estimate of drug-likeness (QED) is 0.316. The Kier molecular flexibility index (Phi) is 4.22. The molecule has 0 amide bonds. The summed E-state index contributed by atoms with van der Waals surface area (Å²) in [6.07, 6.45) is 0.912. The summed E-state index contributed by atoms with van der Waals surface area (Å²) in [5.74, 6) is -1.04. The van der Waals surface area contributed by atoms with Crippen molar-refractivity contribution >= 4 is 44.7 Å². The fourth-order valence-electron chi connectivity index (χ4n) is 1.26. The summed E-state index contributed by atoms with van der Waals surface area (Å²) in [4.78, 5) is 21.6. The van der Waals surface area contributed by atoms with E-state index in [1.165, 1.54) is 0 Å². The summed E-state index contributed by atoms with van der Waals surface area (Å²) >= 11 is 11.1. The molecule has 1 atom stereocenters. The molecule has 3 nitrogen and oxygen atoms in total. The van der Waals surface area contributed by atoms with Crippen LogP contribution < -0.4 is 0 Å². The van der Waals surface area contributed by atoms with Gasteiger partial charge in [-0.3, -0.25) is 9.59 Å². The number of rotatable bonds is 4. The van der Waals surface area contributed by atoms with Crippen LogP contribution >= 0.6 is 23.2 Å². The van der Waals surface area contributed by atoms with Crippen LogP contribution in [0.5, 0.6) is 0 Å². The second-order valence-electron chi connectivity index (χ2n) is 3.02. The predicted octanol–water partition coefficient (Wildman–Crippen LogP) is 0.814. The summed E-state index contributed by atoms with van der Waals surface area (Å²) in [6.45, 7) is 0. The Balaban J connectivity index is 2.22. The van der Waals surface area contributed by atoms with Gasteiger partial charge in [0.05, 0.1) is 26.3 Å². The normalized spacial score (nSPS) is 23.5. The van der Waals surface area contributed by atoms with Crippen molar-refractivity contribution in [1.82, 2.24) is 0 Å². The van der Waals surface area contributed by atoms with Crippen molar-refractivity contribution in [1.29, 1.82) is 0 Å². The van der Waals surface area contributed by atoms with Crippen LogP contribution in [-0.4, -0.2) is 25.9 Å². The second kappa shape index (κ2) is 4.98. The number of esters is 2. The maximum Gasteiger partial charge on any atom is 0.317 e. The first-order valence-corrected chi connectivity index (χ1v) is 6.81. The molecule has 1 aliphatic heterocycles. The lowest BCUT2D eigenvalue weighted by molar-refractivity contribution is -0.153. The van der Waals surface area contributed by atoms with E-state index in [2.05, 4.69) is 4.74 Å². The van der Waals surface area contributed by atoms with Crippen molar-refractivity contribution in [2.24, 2.45) is 5.92 Å². The summed E-state index contributed by atoms with van der Waals surface area (Å²) in [5.41, 5.74) is 0. The van der Waals surface area contributed by atoms with E-state index in [9.17, 15) is 9.59 Å². The van der Waals surface area contributed by atoms with E-state index in [4.69, 9.17) is 23.2 Å². The molecule has 1 rings (SSSR count). The molecule has 1 fully saturated rings. The SMILES string of the molecule is O=C1CC(CC[SiH2]C(Cl)Cl)C(=O)O1. The Morgan fingerprint density at radius 2 is 2.23 bits per heavy atom. The van der Waals surface area contributed by atoms with E-state index >= 15 is 0 Å². The van der Waals surface area contributed by atoms with Crippen molar-refractivity contribution < 1.29 is 14.3 Å². The van der Waals surface area contributed by atoms with Crippen molar-refractivity contribution in [2.75, 3.05) is 0 Å². The summed E-state index contributed by atoms with van der Waals surface area (Å²) in [7, 11) is -0.515. The van der Waals surface area contributed by atoms with Gasteiger partial charge in [-0.25, -0.2) is 0 Å². The third-order valence-corrected chi connectivity index (χ3v) is 4.50. The van der Waals surface area contributed by atoms with Crippen LogP contribution in [0.25, 0.3) is 0 Å². The average molecular weight is 241 g/mol. The fraction of sp³-hybridized carbons (Fsp3) is 0.714. The highest BCUT2D eigenvalue weighted by Crippen LogP contribution is 2.21. The summed E-state index contributed by atoms with van der Waals surface area (Å²) in [5, 5.41) is 0. The van der Waals surface area contributed by atoms with E-state index in [1.807, 2.05) is 0 Å². The molecular formula is C7H10Cl2O3Si. The van der Waals surface area contributed by atoms with Gasteiger partial charge in [0.1, 0.15) is 0 Å². The highest BCUT2D eigenvalue weighted by molar-refractivity contribution is 6.68. The monoisotopic (exact) mass is 240 g/mol. The van der Waals surface area contributed by atoms with E-state index < -0.39 is 15.5 Å². The van der Waals surface area contributed by atoms with Crippen molar-refractivity contribution in [3.05, 3.63) is 0 Å². The molecule has 1 unspecified atom stereocenters. The largest absolute Gasteiger partial charge is 0.393 e. The van der Waals surface area contributed by atoms with Crippen LogP contribution in [0.3, 0.4) is 0 Å². The molecule has 0 aliphatic carbocycles. The number of hydrogen-bond acceptors (Lipinski definition) is 3. The molecule has 1 aliphatic rings. The average Bonchev–Trinajstić information content (AvgIpc) is 2.29. The smallest absolute Gasteiger partial charge is 0.317 e. The number of ether oxygens (including phenoxy) is 1. The molecule has 6 heteroatoms. The molecule has 0 aromatic rings. The van der Waals surface area contributed by atoms with E-state index in [0.717, 1.165) is 6.04 Å². The van der Waals surface area contributed by atoms with Crippen LogP contribution in [-0.2, 0) is 14.3 Å². The maximum atomic E-state index is 11.0. The van der Waals surface area contributed by atoms with Gasteiger partial charge in [-0.05, 0) is 6.42 Å². The van der Waals surface area contributed by atoms with E-state index in [0.29, 0.717) is 6.42 Å². The molecule has 0 radical (unpaired) electrons. The van der Waals surface area contributed by atoms with Crippen molar-refractivity contribution in [3.63, 3.8) is 0 Å². The van der Waals surface area contributed by atoms with Gasteiger partial charge in [0, 0.05) is 0 Å². The van der Waals surface area contributed by atoms with Crippen LogP contribution in [0.4, 0.5) is 0 Å². The number of carbonyl (C=O) groups is 2. The second-order valence-corrected chi connectivity index (χ2v) is 7.43. The zero-order chi connectivity index (χ0) is 9.84. The van der Waals surface area contributed by atoms with E-state index in [-0.39, 0.29) is 22.8 Å². The van der Waals surface area contributed by atoms with Crippen molar-refractivity contribution in [3.8, 4) is 0 Å². The summed E-state index contributed by atoms with van der Waals surface area (Å²) < 4.78 is 4.15. The Labute approximate surface area is 88.5 Å². The molecule has 0 spiro atoms. The Morgan fingerprint density at radius 1 is 1.54 bits per heavy atom. The zero-order valence-corrected chi connectivity index (χ0v) is 9.89. The highest BCUT2D eigenvalue weighted by atomic mass is 35.5. The third kappa shape index (κ3) is 3.66. The summed E-state index contributed by atoms with van der Waals surface area (Å²) in [6, 6.07) is 0.880. The number of alkyl halides is 2. The standard InChI is InChI=1S/C7H10Cl2O3Si/c8-7(9)13-2-1-4-3-5(10)12-6(4)11/h4,7H,1-3,13H2. The van der Waals surface area contributed by atoms with Crippen LogP contribution in [0.2, 0.25) is 6.04 Å². The molecule has 13 heavy (non-hydrogen) atoms. The molecule has 0 aromatic heterocycles. The van der Waals surface area contributed by atoms with Gasteiger partial charge in [0.25, 0.3) is 0 Å². The van der Waals surface area contributed by atoms with Gasteiger partial charge in [0.15, 0.2) is 0 Å². The predicted molar refractivity (Wildman–Crippen MR) is 52.7 cm³/mol. The van der Waals surface area contributed by atoms with Gasteiger partial charge in [-0.15, -0.1) is 23.2 Å². The van der Waals surface area contributed by atoms with Gasteiger partial charge in [-0.1, -0.05) is 6.04 Å². The van der Waals surface area contributed by atoms with Gasteiger partial charge < -0.3 is 4.74 Å². The Hall–Kier alpha value is -0.0631. The highest BCUT2D eigenvalue weighted by Gasteiger charge is 2.32. The minimum Gasteiger partial charge on any atom is -0.393 e. The minimum absolute atomic E-state index is 0.225. The van der Waals surface area contributed by atoms with Crippen LogP contribution in [0.1, 0.15) is 12.8 Å². The lowest BCUT2D eigenvalue weighted by atomic mass is 10.1. The van der Waals surface area contributed by atoms with E-state index in [1.54, 1.807) is 0 Å².